The van der Waals surface area contributed by atoms with Crippen LogP contribution in [0.15, 0.2) is 30.3 Å². The average molecular weight is 228 g/mol. The Kier molecular flexibility index (Phi) is 2.80. The highest BCUT2D eigenvalue weighted by Crippen LogP contribution is 2.38. The van der Waals surface area contributed by atoms with Gasteiger partial charge in [0.05, 0.1) is 0 Å². The van der Waals surface area contributed by atoms with Crippen LogP contribution in [0.4, 0.5) is 0 Å². The molecule has 0 amide bonds. The molecule has 0 aliphatic heterocycles. The van der Waals surface area contributed by atoms with Crippen molar-refractivity contribution in [2.24, 2.45) is 0 Å². The van der Waals surface area contributed by atoms with Crippen LogP contribution in [0.1, 0.15) is 16.7 Å². The third-order valence-corrected chi connectivity index (χ3v) is 3.03. The van der Waals surface area contributed by atoms with Crippen LogP contribution in [0, 0.1) is 20.8 Å². The number of rotatable bonds is 1. The Bertz CT molecular complexity index is 571. The molecule has 17 heavy (non-hydrogen) atoms. The largest absolute Gasteiger partial charge is 0.504 e. The first-order valence-corrected chi connectivity index (χ1v) is 5.60. The van der Waals surface area contributed by atoms with Crippen LogP contribution < -0.4 is 0 Å². The quantitative estimate of drug-likeness (QED) is 0.731. The van der Waals surface area contributed by atoms with Crippen molar-refractivity contribution in [2.45, 2.75) is 20.8 Å². The van der Waals surface area contributed by atoms with Crippen molar-refractivity contribution in [1.29, 1.82) is 0 Å². The van der Waals surface area contributed by atoms with Gasteiger partial charge in [-0.15, -0.1) is 0 Å². The minimum atomic E-state index is -0.0589. The molecule has 2 heteroatoms. The first kappa shape index (κ1) is 11.5. The second-order valence-corrected chi connectivity index (χ2v) is 4.43. The first-order valence-electron chi connectivity index (χ1n) is 5.60. The Labute approximate surface area is 101 Å². The monoisotopic (exact) mass is 228 g/mol. The third-order valence-electron chi connectivity index (χ3n) is 3.03. The van der Waals surface area contributed by atoms with Crippen LogP contribution in [0.3, 0.4) is 0 Å². The number of phenolic OH excluding ortho intramolecular Hbond substituents is 2. The molecular formula is C15H16O2. The highest BCUT2D eigenvalue weighted by Gasteiger charge is 2.13. The number of benzene rings is 2. The minimum absolute atomic E-state index is 0.0351. The van der Waals surface area contributed by atoms with E-state index < -0.39 is 0 Å². The van der Waals surface area contributed by atoms with E-state index in [0.717, 1.165) is 16.7 Å². The molecule has 2 nitrogen and oxygen atoms in total. The summed E-state index contributed by atoms with van der Waals surface area (Å²) in [5.74, 6) is -0.0940. The number of hydrogen-bond acceptors (Lipinski definition) is 2. The van der Waals surface area contributed by atoms with E-state index >= 15 is 0 Å². The highest BCUT2D eigenvalue weighted by atomic mass is 16.3. The normalized spacial score (nSPS) is 10.5. The SMILES string of the molecule is Cc1cccc(-c2c(C)cc(O)c(O)c2C)c1. The van der Waals surface area contributed by atoms with Crippen molar-refractivity contribution >= 4 is 0 Å². The summed E-state index contributed by atoms with van der Waals surface area (Å²) in [6.45, 7) is 5.79. The maximum atomic E-state index is 9.79. The van der Waals surface area contributed by atoms with Crippen LogP contribution in [0.2, 0.25) is 0 Å². The van der Waals surface area contributed by atoms with E-state index in [1.807, 2.05) is 39.0 Å². The lowest BCUT2D eigenvalue weighted by atomic mass is 9.94. The van der Waals surface area contributed by atoms with Crippen LogP contribution >= 0.6 is 0 Å². The Hall–Kier alpha value is -1.96. The number of aryl methyl sites for hydroxylation is 2. The Morgan fingerprint density at radius 1 is 0.941 bits per heavy atom. The van der Waals surface area contributed by atoms with Crippen molar-refractivity contribution in [1.82, 2.24) is 0 Å². The molecule has 0 fully saturated rings. The minimum Gasteiger partial charge on any atom is -0.504 e. The summed E-state index contributed by atoms with van der Waals surface area (Å²) in [5.41, 5.74) is 4.91. The van der Waals surface area contributed by atoms with E-state index in [1.54, 1.807) is 6.07 Å². The van der Waals surface area contributed by atoms with Crippen molar-refractivity contribution in [3.05, 3.63) is 47.0 Å². The molecule has 2 aromatic carbocycles. The summed E-state index contributed by atoms with van der Waals surface area (Å²) in [5, 5.41) is 19.3. The molecule has 0 radical (unpaired) electrons. The van der Waals surface area contributed by atoms with E-state index in [0.29, 0.717) is 5.56 Å². The van der Waals surface area contributed by atoms with Gasteiger partial charge in [0.25, 0.3) is 0 Å². The Morgan fingerprint density at radius 2 is 1.65 bits per heavy atom. The van der Waals surface area contributed by atoms with Gasteiger partial charge in [-0.3, -0.25) is 0 Å². The maximum Gasteiger partial charge on any atom is 0.161 e. The van der Waals surface area contributed by atoms with Crippen molar-refractivity contribution in [3.63, 3.8) is 0 Å². The fraction of sp³-hybridized carbons (Fsp3) is 0.200. The molecule has 2 rings (SSSR count). The molecule has 2 N–H and O–H groups in total. The molecule has 0 bridgehead atoms. The predicted octanol–water partition coefficient (Wildman–Crippen LogP) is 3.69. The van der Waals surface area contributed by atoms with Crippen molar-refractivity contribution in [2.75, 3.05) is 0 Å². The molecule has 0 saturated carbocycles. The van der Waals surface area contributed by atoms with Gasteiger partial charge < -0.3 is 10.2 Å². The van der Waals surface area contributed by atoms with Gasteiger partial charge in [0.1, 0.15) is 0 Å². The third kappa shape index (κ3) is 1.98. The summed E-state index contributed by atoms with van der Waals surface area (Å²) in [6.07, 6.45) is 0. The number of phenols is 2. The lowest BCUT2D eigenvalue weighted by molar-refractivity contribution is 0.401. The standard InChI is InChI=1S/C15H16O2/c1-9-5-4-6-12(7-9)14-10(2)8-13(16)15(17)11(14)3/h4-8,16-17H,1-3H3. The van der Waals surface area contributed by atoms with Gasteiger partial charge in [-0.1, -0.05) is 29.8 Å². The molecule has 2 aromatic rings. The van der Waals surface area contributed by atoms with Gasteiger partial charge >= 0.3 is 0 Å². The van der Waals surface area contributed by atoms with Crippen LogP contribution in [-0.2, 0) is 0 Å². The van der Waals surface area contributed by atoms with Crippen LogP contribution in [0.25, 0.3) is 11.1 Å². The van der Waals surface area contributed by atoms with Gasteiger partial charge in [-0.25, -0.2) is 0 Å². The van der Waals surface area contributed by atoms with Crippen LogP contribution in [-0.4, -0.2) is 10.2 Å². The lowest BCUT2D eigenvalue weighted by Crippen LogP contribution is -1.90. The molecule has 88 valence electrons. The highest BCUT2D eigenvalue weighted by molar-refractivity contribution is 5.75. The van der Waals surface area contributed by atoms with E-state index in [9.17, 15) is 10.2 Å². The number of hydrogen-bond donors (Lipinski definition) is 2. The molecule has 0 aromatic heterocycles. The van der Waals surface area contributed by atoms with Gasteiger partial charge in [-0.2, -0.15) is 0 Å². The molecule has 0 unspecified atom stereocenters. The molecule has 0 saturated heterocycles. The zero-order chi connectivity index (χ0) is 12.6. The molecule has 0 aliphatic carbocycles. The van der Waals surface area contributed by atoms with Crippen molar-refractivity contribution in [3.8, 4) is 22.6 Å². The summed E-state index contributed by atoms with van der Waals surface area (Å²) in [7, 11) is 0. The zero-order valence-electron chi connectivity index (χ0n) is 10.3. The zero-order valence-corrected chi connectivity index (χ0v) is 10.3. The molecule has 0 atom stereocenters. The Balaban J connectivity index is 2.72. The summed E-state index contributed by atoms with van der Waals surface area (Å²) in [6, 6.07) is 9.71. The molecule has 0 aliphatic rings. The maximum absolute atomic E-state index is 9.79. The second-order valence-electron chi connectivity index (χ2n) is 4.43. The fourth-order valence-electron chi connectivity index (χ4n) is 2.20. The van der Waals surface area contributed by atoms with E-state index in [1.165, 1.54) is 5.56 Å². The van der Waals surface area contributed by atoms with Gasteiger partial charge in [-0.05, 0) is 43.5 Å². The second kappa shape index (κ2) is 4.13. The predicted molar refractivity (Wildman–Crippen MR) is 69.4 cm³/mol. The van der Waals surface area contributed by atoms with E-state index in [4.69, 9.17) is 0 Å². The summed E-state index contributed by atoms with van der Waals surface area (Å²) < 4.78 is 0. The first-order chi connectivity index (χ1) is 8.00. The van der Waals surface area contributed by atoms with Gasteiger partial charge in [0, 0.05) is 5.56 Å². The Morgan fingerprint density at radius 3 is 2.29 bits per heavy atom. The molecule has 0 spiro atoms. The molecular weight excluding hydrogens is 212 g/mol. The summed E-state index contributed by atoms with van der Waals surface area (Å²) in [4.78, 5) is 0. The fourth-order valence-corrected chi connectivity index (χ4v) is 2.20. The van der Waals surface area contributed by atoms with Crippen molar-refractivity contribution < 1.29 is 10.2 Å². The smallest absolute Gasteiger partial charge is 0.161 e. The summed E-state index contributed by atoms with van der Waals surface area (Å²) >= 11 is 0. The van der Waals surface area contributed by atoms with E-state index in [2.05, 4.69) is 6.07 Å². The molecule has 0 heterocycles. The van der Waals surface area contributed by atoms with E-state index in [-0.39, 0.29) is 11.5 Å². The lowest BCUT2D eigenvalue weighted by Gasteiger charge is -2.13. The van der Waals surface area contributed by atoms with Gasteiger partial charge in [0.15, 0.2) is 11.5 Å². The topological polar surface area (TPSA) is 40.5 Å². The number of aromatic hydroxyl groups is 2. The van der Waals surface area contributed by atoms with Crippen LogP contribution in [0.5, 0.6) is 11.5 Å². The average Bonchev–Trinajstić information content (AvgIpc) is 2.26. The van der Waals surface area contributed by atoms with Gasteiger partial charge in [0.2, 0.25) is 0 Å².